The monoisotopic (exact) mass is 272 g/mol. The van der Waals surface area contributed by atoms with Gasteiger partial charge in [0.15, 0.2) is 0 Å². The van der Waals surface area contributed by atoms with Gasteiger partial charge in [0.05, 0.1) is 5.75 Å². The molecular formula is C16H16O2S. The number of aromatic hydroxyl groups is 1. The van der Waals surface area contributed by atoms with Crippen LogP contribution in [0.15, 0.2) is 53.4 Å². The van der Waals surface area contributed by atoms with Gasteiger partial charge in [0.2, 0.25) is 0 Å². The summed E-state index contributed by atoms with van der Waals surface area (Å²) in [5.41, 5.74) is 2.16. The van der Waals surface area contributed by atoms with Crippen molar-refractivity contribution >= 4 is 17.5 Å². The molecule has 0 heterocycles. The van der Waals surface area contributed by atoms with Gasteiger partial charge in [-0.05, 0) is 36.8 Å². The van der Waals surface area contributed by atoms with E-state index < -0.39 is 0 Å². The third-order valence-electron chi connectivity index (χ3n) is 2.76. The zero-order valence-corrected chi connectivity index (χ0v) is 11.6. The number of hydrogen-bond acceptors (Lipinski definition) is 3. The second-order valence-electron chi connectivity index (χ2n) is 4.48. The highest BCUT2D eigenvalue weighted by Gasteiger charge is 2.05. The molecule has 0 aromatic heterocycles. The molecular weight excluding hydrogens is 256 g/mol. The molecule has 98 valence electrons. The molecule has 0 fully saturated rings. The van der Waals surface area contributed by atoms with Crippen LogP contribution >= 0.6 is 11.8 Å². The zero-order chi connectivity index (χ0) is 13.7. The molecule has 2 aromatic rings. The summed E-state index contributed by atoms with van der Waals surface area (Å²) < 4.78 is 0. The van der Waals surface area contributed by atoms with Gasteiger partial charge in [-0.25, -0.2) is 0 Å². The highest BCUT2D eigenvalue weighted by molar-refractivity contribution is 8.00. The molecule has 1 N–H and O–H groups in total. The van der Waals surface area contributed by atoms with E-state index in [1.807, 2.05) is 31.2 Å². The number of benzene rings is 2. The molecule has 0 spiro atoms. The highest BCUT2D eigenvalue weighted by atomic mass is 32.2. The molecule has 0 saturated heterocycles. The van der Waals surface area contributed by atoms with Gasteiger partial charge in [-0.2, -0.15) is 0 Å². The topological polar surface area (TPSA) is 37.3 Å². The van der Waals surface area contributed by atoms with E-state index in [4.69, 9.17) is 0 Å². The van der Waals surface area contributed by atoms with Crippen LogP contribution < -0.4 is 0 Å². The van der Waals surface area contributed by atoms with E-state index in [0.29, 0.717) is 12.2 Å². The summed E-state index contributed by atoms with van der Waals surface area (Å²) in [6.45, 7) is 2.05. The number of aryl methyl sites for hydroxylation is 1. The van der Waals surface area contributed by atoms with E-state index in [2.05, 4.69) is 0 Å². The minimum Gasteiger partial charge on any atom is -0.508 e. The number of Topliss-reactive ketones (excluding diaryl/α,β-unsaturated/α-hetero) is 1. The summed E-state index contributed by atoms with van der Waals surface area (Å²) in [6, 6.07) is 14.9. The Kier molecular flexibility index (Phi) is 4.63. The first-order valence-electron chi connectivity index (χ1n) is 6.12. The second kappa shape index (κ2) is 6.43. The van der Waals surface area contributed by atoms with Crippen LogP contribution in [0.1, 0.15) is 11.1 Å². The highest BCUT2D eigenvalue weighted by Crippen LogP contribution is 2.19. The number of phenolic OH excluding ortho intramolecular Hbond substituents is 1. The molecule has 0 aliphatic heterocycles. The summed E-state index contributed by atoms with van der Waals surface area (Å²) in [5.74, 6) is 0.894. The molecule has 3 heteroatoms. The molecule has 19 heavy (non-hydrogen) atoms. The quantitative estimate of drug-likeness (QED) is 0.845. The van der Waals surface area contributed by atoms with Crippen LogP contribution in [0.3, 0.4) is 0 Å². The summed E-state index contributed by atoms with van der Waals surface area (Å²) in [7, 11) is 0. The zero-order valence-electron chi connectivity index (χ0n) is 10.8. The number of thioether (sulfide) groups is 1. The van der Waals surface area contributed by atoms with E-state index >= 15 is 0 Å². The Labute approximate surface area is 117 Å². The van der Waals surface area contributed by atoms with E-state index in [-0.39, 0.29) is 11.5 Å². The lowest BCUT2D eigenvalue weighted by atomic mass is 10.1. The van der Waals surface area contributed by atoms with Crippen molar-refractivity contribution in [2.24, 2.45) is 0 Å². The van der Waals surface area contributed by atoms with Crippen LogP contribution in [0, 0.1) is 6.92 Å². The Morgan fingerprint density at radius 3 is 2.32 bits per heavy atom. The molecule has 0 unspecified atom stereocenters. The van der Waals surface area contributed by atoms with Crippen molar-refractivity contribution in [3.8, 4) is 5.75 Å². The van der Waals surface area contributed by atoms with E-state index in [1.54, 1.807) is 36.0 Å². The molecule has 0 amide bonds. The largest absolute Gasteiger partial charge is 0.508 e. The first-order valence-corrected chi connectivity index (χ1v) is 7.11. The fourth-order valence-electron chi connectivity index (χ4n) is 1.69. The Hall–Kier alpha value is -1.74. The standard InChI is InChI=1S/C16H16O2S/c1-12-2-8-16(9-3-12)19-11-15(18)10-13-4-6-14(17)7-5-13/h2-9,17H,10-11H2,1H3. The van der Waals surface area contributed by atoms with Crippen molar-refractivity contribution in [2.45, 2.75) is 18.2 Å². The number of phenols is 1. The SMILES string of the molecule is Cc1ccc(SCC(=O)Cc2ccc(O)cc2)cc1. The Morgan fingerprint density at radius 2 is 1.68 bits per heavy atom. The predicted molar refractivity (Wildman–Crippen MR) is 78.7 cm³/mol. The van der Waals surface area contributed by atoms with E-state index in [9.17, 15) is 9.90 Å². The second-order valence-corrected chi connectivity index (χ2v) is 5.53. The number of carbonyl (C=O) groups excluding carboxylic acids is 1. The van der Waals surface area contributed by atoms with Crippen molar-refractivity contribution < 1.29 is 9.90 Å². The van der Waals surface area contributed by atoms with Crippen LogP contribution in [-0.2, 0) is 11.2 Å². The van der Waals surface area contributed by atoms with Gasteiger partial charge in [-0.15, -0.1) is 11.8 Å². The normalized spacial score (nSPS) is 10.4. The van der Waals surface area contributed by atoms with E-state index in [1.165, 1.54) is 5.56 Å². The first kappa shape index (κ1) is 13.7. The van der Waals surface area contributed by atoms with Gasteiger partial charge < -0.3 is 5.11 Å². The maximum atomic E-state index is 11.9. The predicted octanol–water partition coefficient (Wildman–Crippen LogP) is 3.60. The molecule has 2 rings (SSSR count). The smallest absolute Gasteiger partial charge is 0.147 e. The van der Waals surface area contributed by atoms with Crippen molar-refractivity contribution in [3.63, 3.8) is 0 Å². The van der Waals surface area contributed by atoms with Crippen LogP contribution in [0.4, 0.5) is 0 Å². The number of ketones is 1. The molecule has 2 aromatic carbocycles. The minimum atomic E-state index is 0.191. The van der Waals surface area contributed by atoms with Crippen LogP contribution in [-0.4, -0.2) is 16.6 Å². The summed E-state index contributed by atoms with van der Waals surface area (Å²) in [5, 5.41) is 9.18. The van der Waals surface area contributed by atoms with Gasteiger partial charge in [0.25, 0.3) is 0 Å². The lowest BCUT2D eigenvalue weighted by Crippen LogP contribution is -2.05. The molecule has 0 radical (unpaired) electrons. The molecule has 0 bridgehead atoms. The van der Waals surface area contributed by atoms with Gasteiger partial charge in [0.1, 0.15) is 11.5 Å². The fraction of sp³-hybridized carbons (Fsp3) is 0.188. The minimum absolute atomic E-state index is 0.191. The third kappa shape index (κ3) is 4.45. The maximum Gasteiger partial charge on any atom is 0.147 e. The van der Waals surface area contributed by atoms with Gasteiger partial charge in [-0.1, -0.05) is 29.8 Å². The summed E-state index contributed by atoms with van der Waals surface area (Å²) in [4.78, 5) is 13.0. The molecule has 0 aliphatic rings. The lowest BCUT2D eigenvalue weighted by molar-refractivity contribution is -0.116. The van der Waals surface area contributed by atoms with Gasteiger partial charge >= 0.3 is 0 Å². The van der Waals surface area contributed by atoms with Crippen LogP contribution in [0.5, 0.6) is 5.75 Å². The Morgan fingerprint density at radius 1 is 1.05 bits per heavy atom. The van der Waals surface area contributed by atoms with Crippen molar-refractivity contribution in [2.75, 3.05) is 5.75 Å². The lowest BCUT2D eigenvalue weighted by Gasteiger charge is -2.03. The molecule has 0 saturated carbocycles. The van der Waals surface area contributed by atoms with Crippen molar-refractivity contribution in [1.29, 1.82) is 0 Å². The number of rotatable bonds is 5. The molecule has 0 aliphatic carbocycles. The average Bonchev–Trinajstić information content (AvgIpc) is 2.41. The van der Waals surface area contributed by atoms with Crippen LogP contribution in [0.2, 0.25) is 0 Å². The van der Waals surface area contributed by atoms with Crippen molar-refractivity contribution in [1.82, 2.24) is 0 Å². The van der Waals surface area contributed by atoms with Crippen LogP contribution in [0.25, 0.3) is 0 Å². The first-order chi connectivity index (χ1) is 9.13. The molecule has 0 atom stereocenters. The Balaban J connectivity index is 1.84. The van der Waals surface area contributed by atoms with Crippen molar-refractivity contribution in [3.05, 3.63) is 59.7 Å². The summed E-state index contributed by atoms with van der Waals surface area (Å²) in [6.07, 6.45) is 0.416. The average molecular weight is 272 g/mol. The number of carbonyl (C=O) groups is 1. The number of hydrogen-bond donors (Lipinski definition) is 1. The maximum absolute atomic E-state index is 11.9. The fourth-order valence-corrected chi connectivity index (χ4v) is 2.45. The molecule has 2 nitrogen and oxygen atoms in total. The van der Waals surface area contributed by atoms with Gasteiger partial charge in [0, 0.05) is 11.3 Å². The van der Waals surface area contributed by atoms with Gasteiger partial charge in [-0.3, -0.25) is 4.79 Å². The Bertz CT molecular complexity index is 544. The van der Waals surface area contributed by atoms with E-state index in [0.717, 1.165) is 10.5 Å². The third-order valence-corrected chi connectivity index (χ3v) is 3.83. The summed E-state index contributed by atoms with van der Waals surface area (Å²) >= 11 is 1.56.